The van der Waals surface area contributed by atoms with E-state index in [1.54, 1.807) is 18.4 Å². The predicted octanol–water partition coefficient (Wildman–Crippen LogP) is 0.738. The number of carboxylic acid groups (broad SMARTS) is 1. The van der Waals surface area contributed by atoms with E-state index >= 15 is 0 Å². The van der Waals surface area contributed by atoms with E-state index < -0.39 is 33.4 Å². The fourth-order valence-electron chi connectivity index (χ4n) is 2.36. The number of nitrogens with one attached hydrogen (secondary N) is 1. The first-order valence-electron chi connectivity index (χ1n) is 6.74. The van der Waals surface area contributed by atoms with Crippen LogP contribution in [-0.4, -0.2) is 49.4 Å². The summed E-state index contributed by atoms with van der Waals surface area (Å²) in [6.07, 6.45) is 0.360. The summed E-state index contributed by atoms with van der Waals surface area (Å²) in [4.78, 5) is 24.9. The molecular formula is C13H18N2O5S2. The highest BCUT2D eigenvalue weighted by Gasteiger charge is 2.43. The number of hydrogen-bond acceptors (Lipinski definition) is 5. The second kappa shape index (κ2) is 5.98. The third kappa shape index (κ3) is 3.31. The lowest BCUT2D eigenvalue weighted by molar-refractivity contribution is -0.147. The molecule has 2 heterocycles. The molecule has 0 aromatic carbocycles. The van der Waals surface area contributed by atoms with E-state index in [2.05, 4.69) is 4.72 Å². The number of amides is 1. The zero-order valence-electron chi connectivity index (χ0n) is 12.3. The molecule has 1 aromatic heterocycles. The van der Waals surface area contributed by atoms with E-state index in [1.807, 2.05) is 0 Å². The molecule has 2 unspecified atom stereocenters. The van der Waals surface area contributed by atoms with Crippen molar-refractivity contribution in [3.8, 4) is 0 Å². The molecule has 1 aliphatic heterocycles. The van der Waals surface area contributed by atoms with E-state index in [0.29, 0.717) is 13.0 Å². The number of nitrogens with zero attached hydrogens (tertiary/aromatic N) is 1. The minimum absolute atomic E-state index is 0.0895. The van der Waals surface area contributed by atoms with Crippen LogP contribution in [0, 0.1) is 5.41 Å². The van der Waals surface area contributed by atoms with Gasteiger partial charge in [-0.2, -0.15) is 4.72 Å². The molecule has 1 saturated heterocycles. The SMILES string of the molecule is CC(NS(=O)(=O)c1cccs1)C(=O)N1CCC(C)(C(=O)O)C1. The Morgan fingerprint density at radius 2 is 2.18 bits per heavy atom. The van der Waals surface area contributed by atoms with E-state index in [9.17, 15) is 23.1 Å². The van der Waals surface area contributed by atoms with Crippen LogP contribution in [0.15, 0.2) is 21.7 Å². The smallest absolute Gasteiger partial charge is 0.311 e. The van der Waals surface area contributed by atoms with E-state index in [-0.39, 0.29) is 10.8 Å². The third-order valence-corrected chi connectivity index (χ3v) is 6.70. The third-order valence-electron chi connectivity index (χ3n) is 3.76. The molecule has 1 amide bonds. The van der Waals surface area contributed by atoms with Crippen LogP contribution in [0.5, 0.6) is 0 Å². The number of aliphatic carboxylic acids is 1. The summed E-state index contributed by atoms with van der Waals surface area (Å²) in [7, 11) is -3.73. The van der Waals surface area contributed by atoms with Crippen molar-refractivity contribution in [2.45, 2.75) is 30.5 Å². The molecule has 7 nitrogen and oxygen atoms in total. The second-order valence-electron chi connectivity index (χ2n) is 5.65. The zero-order valence-corrected chi connectivity index (χ0v) is 13.9. The summed E-state index contributed by atoms with van der Waals surface area (Å²) >= 11 is 1.07. The number of likely N-dealkylation sites (tertiary alicyclic amines) is 1. The van der Waals surface area contributed by atoms with Gasteiger partial charge in [-0.25, -0.2) is 8.42 Å². The van der Waals surface area contributed by atoms with Crippen LogP contribution in [0.3, 0.4) is 0 Å². The van der Waals surface area contributed by atoms with Crippen LogP contribution >= 0.6 is 11.3 Å². The highest BCUT2D eigenvalue weighted by atomic mass is 32.2. The Kier molecular flexibility index (Phi) is 4.59. The van der Waals surface area contributed by atoms with Crippen LogP contribution in [0.1, 0.15) is 20.3 Å². The molecule has 0 saturated carbocycles. The molecular weight excluding hydrogens is 328 g/mol. The normalized spacial score (nSPS) is 23.5. The molecule has 2 N–H and O–H groups in total. The lowest BCUT2D eigenvalue weighted by Gasteiger charge is -2.23. The van der Waals surface area contributed by atoms with E-state index in [1.165, 1.54) is 17.9 Å². The number of sulfonamides is 1. The molecule has 9 heteroatoms. The minimum atomic E-state index is -3.73. The molecule has 0 radical (unpaired) electrons. The largest absolute Gasteiger partial charge is 0.481 e. The van der Waals surface area contributed by atoms with Crippen molar-refractivity contribution in [2.24, 2.45) is 5.41 Å². The summed E-state index contributed by atoms with van der Waals surface area (Å²) in [5, 5.41) is 10.8. The summed E-state index contributed by atoms with van der Waals surface area (Å²) in [5.74, 6) is -1.36. The van der Waals surface area contributed by atoms with Gasteiger partial charge in [0.1, 0.15) is 4.21 Å². The van der Waals surface area contributed by atoms with Gasteiger partial charge in [0.25, 0.3) is 10.0 Å². The van der Waals surface area contributed by atoms with Crippen molar-refractivity contribution in [3.05, 3.63) is 17.5 Å². The molecule has 122 valence electrons. The minimum Gasteiger partial charge on any atom is -0.481 e. The average Bonchev–Trinajstić information content (AvgIpc) is 3.07. The van der Waals surface area contributed by atoms with Gasteiger partial charge in [0.05, 0.1) is 11.5 Å². The quantitative estimate of drug-likeness (QED) is 0.818. The van der Waals surface area contributed by atoms with Gasteiger partial charge in [0.15, 0.2) is 0 Å². The number of carbonyl (C=O) groups excluding carboxylic acids is 1. The zero-order chi connectivity index (χ0) is 16.5. The molecule has 22 heavy (non-hydrogen) atoms. The van der Waals surface area contributed by atoms with Crippen LogP contribution in [0.25, 0.3) is 0 Å². The average molecular weight is 346 g/mol. The Hall–Kier alpha value is -1.45. The standard InChI is InChI=1S/C13H18N2O5S2/c1-9(14-22(19,20)10-4-3-7-21-10)11(16)15-6-5-13(2,8-15)12(17)18/h3-4,7,9,14H,5-6,8H2,1-2H3,(H,17,18). The summed E-state index contributed by atoms with van der Waals surface area (Å²) in [5.41, 5.74) is -0.970. The van der Waals surface area contributed by atoms with Crippen molar-refractivity contribution >= 4 is 33.2 Å². The maximum atomic E-state index is 12.3. The van der Waals surface area contributed by atoms with Gasteiger partial charge in [0.2, 0.25) is 5.91 Å². The van der Waals surface area contributed by atoms with Gasteiger partial charge >= 0.3 is 5.97 Å². The first-order chi connectivity index (χ1) is 10.2. The van der Waals surface area contributed by atoms with Crippen LogP contribution in [0.2, 0.25) is 0 Å². The van der Waals surface area contributed by atoms with E-state index in [4.69, 9.17) is 0 Å². The number of carboxylic acids is 1. The summed E-state index contributed by atoms with van der Waals surface area (Å²) in [6, 6.07) is 2.13. The number of rotatable bonds is 5. The summed E-state index contributed by atoms with van der Waals surface area (Å²) < 4.78 is 26.7. The fraction of sp³-hybridized carbons (Fsp3) is 0.538. The first-order valence-corrected chi connectivity index (χ1v) is 9.10. The number of carbonyl (C=O) groups is 2. The Balaban J connectivity index is 2.04. The lowest BCUT2D eigenvalue weighted by Crippen LogP contribution is -2.46. The van der Waals surface area contributed by atoms with Crippen molar-refractivity contribution in [3.63, 3.8) is 0 Å². The molecule has 1 fully saturated rings. The molecule has 1 aliphatic rings. The topological polar surface area (TPSA) is 104 Å². The number of hydrogen-bond donors (Lipinski definition) is 2. The van der Waals surface area contributed by atoms with Gasteiger partial charge in [-0.05, 0) is 31.7 Å². The first kappa shape index (κ1) is 16.9. The Morgan fingerprint density at radius 3 is 2.68 bits per heavy atom. The predicted molar refractivity (Wildman–Crippen MR) is 81.0 cm³/mol. The van der Waals surface area contributed by atoms with Crippen LogP contribution in [-0.2, 0) is 19.6 Å². The molecule has 2 rings (SSSR count). The van der Waals surface area contributed by atoms with Crippen molar-refractivity contribution in [1.29, 1.82) is 0 Å². The lowest BCUT2D eigenvalue weighted by atomic mass is 9.90. The van der Waals surface area contributed by atoms with Gasteiger partial charge in [-0.3, -0.25) is 9.59 Å². The van der Waals surface area contributed by atoms with Crippen molar-refractivity contribution in [2.75, 3.05) is 13.1 Å². The monoisotopic (exact) mass is 346 g/mol. The van der Waals surface area contributed by atoms with Crippen molar-refractivity contribution < 1.29 is 23.1 Å². The van der Waals surface area contributed by atoms with Crippen LogP contribution < -0.4 is 4.72 Å². The Bertz CT molecular complexity index is 671. The van der Waals surface area contributed by atoms with Crippen LogP contribution in [0.4, 0.5) is 0 Å². The fourth-order valence-corrected chi connectivity index (χ4v) is 4.56. The maximum absolute atomic E-state index is 12.3. The van der Waals surface area contributed by atoms with E-state index in [0.717, 1.165) is 11.3 Å². The second-order valence-corrected chi connectivity index (χ2v) is 8.54. The number of thiophene rings is 1. The molecule has 2 atom stereocenters. The van der Waals surface area contributed by atoms with Crippen molar-refractivity contribution in [1.82, 2.24) is 9.62 Å². The molecule has 0 aliphatic carbocycles. The van der Waals surface area contributed by atoms with Gasteiger partial charge < -0.3 is 10.0 Å². The van der Waals surface area contributed by atoms with Gasteiger partial charge in [-0.1, -0.05) is 6.07 Å². The molecule has 0 bridgehead atoms. The highest BCUT2D eigenvalue weighted by Crippen LogP contribution is 2.30. The Morgan fingerprint density at radius 1 is 1.50 bits per heavy atom. The maximum Gasteiger partial charge on any atom is 0.311 e. The summed E-state index contributed by atoms with van der Waals surface area (Å²) in [6.45, 7) is 3.45. The molecule has 0 spiro atoms. The Labute approximate surface area is 133 Å². The highest BCUT2D eigenvalue weighted by molar-refractivity contribution is 7.91. The van der Waals surface area contributed by atoms with Gasteiger partial charge in [0, 0.05) is 13.1 Å². The molecule has 1 aromatic rings. The van der Waals surface area contributed by atoms with Gasteiger partial charge in [-0.15, -0.1) is 11.3 Å².